The highest BCUT2D eigenvalue weighted by Crippen LogP contribution is 2.41. The number of hydrogen-bond acceptors (Lipinski definition) is 8. The summed E-state index contributed by atoms with van der Waals surface area (Å²) in [7, 11) is 1.57. The van der Waals surface area contributed by atoms with E-state index in [4.69, 9.17) is 18.9 Å². The number of thiazole rings is 1. The Hall–Kier alpha value is -5.22. The van der Waals surface area contributed by atoms with Gasteiger partial charge < -0.3 is 19.0 Å². The molecular weight excluding hydrogens is 592 g/mol. The van der Waals surface area contributed by atoms with E-state index in [1.807, 2.05) is 43.3 Å². The lowest BCUT2D eigenvalue weighted by molar-refractivity contribution is -0.139. The van der Waals surface area contributed by atoms with Crippen LogP contribution in [0.4, 0.5) is 0 Å². The molecule has 3 aromatic carbocycles. The topological polar surface area (TPSA) is 120 Å². The molecule has 10 heteroatoms. The SMILES string of the molecule is CCCC1=C(C(=O)OCC)C(c2c(OC)ccc3ccccc23)n2c(s/c(=C\c3ccc(-c4ccc(C(=O)O)cc4)o3)c2=O)=N1. The van der Waals surface area contributed by atoms with Crippen LogP contribution in [0.3, 0.4) is 0 Å². The molecular formula is C35H30N2O7S. The number of nitrogens with zero attached hydrogens (tertiary/aromatic N) is 2. The predicted molar refractivity (Wildman–Crippen MR) is 171 cm³/mol. The molecule has 1 aliphatic heterocycles. The third-order valence-corrected chi connectivity index (χ3v) is 8.62. The van der Waals surface area contributed by atoms with E-state index in [9.17, 15) is 19.5 Å². The first-order valence-corrected chi connectivity index (χ1v) is 15.4. The summed E-state index contributed by atoms with van der Waals surface area (Å²) in [5.41, 5.74) is 2.12. The molecule has 0 bridgehead atoms. The lowest BCUT2D eigenvalue weighted by atomic mass is 9.90. The summed E-state index contributed by atoms with van der Waals surface area (Å²) in [6, 6.07) is 20.6. The van der Waals surface area contributed by atoms with E-state index in [1.54, 1.807) is 48.9 Å². The molecule has 1 aliphatic rings. The average molecular weight is 623 g/mol. The van der Waals surface area contributed by atoms with E-state index in [0.29, 0.717) is 55.4 Å². The lowest BCUT2D eigenvalue weighted by Gasteiger charge is -2.28. The summed E-state index contributed by atoms with van der Waals surface area (Å²) in [5, 5.41) is 11.0. The lowest BCUT2D eigenvalue weighted by Crippen LogP contribution is -2.40. The van der Waals surface area contributed by atoms with Gasteiger partial charge in [-0.3, -0.25) is 9.36 Å². The van der Waals surface area contributed by atoms with Gasteiger partial charge in [0.2, 0.25) is 0 Å². The molecule has 0 saturated carbocycles. The maximum Gasteiger partial charge on any atom is 0.338 e. The van der Waals surface area contributed by atoms with Crippen LogP contribution >= 0.6 is 11.3 Å². The van der Waals surface area contributed by atoms with E-state index in [-0.39, 0.29) is 17.7 Å². The molecule has 3 heterocycles. The normalized spacial score (nSPS) is 14.7. The molecule has 0 aliphatic carbocycles. The van der Waals surface area contributed by atoms with Crippen molar-refractivity contribution in [1.82, 2.24) is 4.57 Å². The first-order valence-electron chi connectivity index (χ1n) is 14.6. The van der Waals surface area contributed by atoms with Crippen LogP contribution in [0.2, 0.25) is 0 Å². The number of rotatable bonds is 9. The number of methoxy groups -OCH3 is 1. The summed E-state index contributed by atoms with van der Waals surface area (Å²) >= 11 is 1.22. The van der Waals surface area contributed by atoms with E-state index in [1.165, 1.54) is 23.5 Å². The van der Waals surface area contributed by atoms with Gasteiger partial charge in [-0.15, -0.1) is 0 Å². The van der Waals surface area contributed by atoms with Crippen molar-refractivity contribution in [2.45, 2.75) is 32.7 Å². The third-order valence-electron chi connectivity index (χ3n) is 7.63. The molecule has 0 amide bonds. The molecule has 45 heavy (non-hydrogen) atoms. The maximum absolute atomic E-state index is 14.3. The number of carboxylic acids is 1. The number of carbonyl (C=O) groups is 2. The minimum atomic E-state index is -1.01. The number of benzene rings is 3. The third kappa shape index (κ3) is 5.49. The molecule has 2 aromatic heterocycles. The number of hydrogen-bond donors (Lipinski definition) is 1. The second-order valence-corrected chi connectivity index (χ2v) is 11.4. The zero-order chi connectivity index (χ0) is 31.7. The Morgan fingerprint density at radius 3 is 2.53 bits per heavy atom. The summed E-state index contributed by atoms with van der Waals surface area (Å²) in [5.74, 6) is -0.0277. The number of furan rings is 1. The highest BCUT2D eigenvalue weighted by Gasteiger charge is 2.37. The standard InChI is InChI=1S/C35H30N2O7S/c1-4-8-25-30(34(41)43-5-2)31(29-24-10-7-6-9-20(24)15-17-27(29)42-3)37-32(38)28(45-35(37)36-25)19-23-16-18-26(44-23)21-11-13-22(14-12-21)33(39)40/h6-7,9-19,31H,4-5,8H2,1-3H3,(H,39,40)/b28-19-. The first kappa shape index (κ1) is 29.8. The zero-order valence-corrected chi connectivity index (χ0v) is 25.7. The van der Waals surface area contributed by atoms with Crippen molar-refractivity contribution in [2.75, 3.05) is 13.7 Å². The van der Waals surface area contributed by atoms with Crippen LogP contribution in [0.15, 0.2) is 98.3 Å². The smallest absolute Gasteiger partial charge is 0.338 e. The number of fused-ring (bicyclic) bond motifs is 2. The Kier molecular flexibility index (Phi) is 8.23. The van der Waals surface area contributed by atoms with Crippen molar-refractivity contribution >= 4 is 40.1 Å². The number of ether oxygens (including phenoxy) is 2. The van der Waals surface area contributed by atoms with Gasteiger partial charge in [0.1, 0.15) is 23.3 Å². The second-order valence-electron chi connectivity index (χ2n) is 10.4. The predicted octanol–water partition coefficient (Wildman–Crippen LogP) is 5.70. The van der Waals surface area contributed by atoms with E-state index in [0.717, 1.165) is 17.2 Å². The highest BCUT2D eigenvalue weighted by atomic mass is 32.1. The molecule has 1 N–H and O–H groups in total. The van der Waals surface area contributed by atoms with E-state index >= 15 is 0 Å². The van der Waals surface area contributed by atoms with Gasteiger partial charge >= 0.3 is 11.9 Å². The fourth-order valence-electron chi connectivity index (χ4n) is 5.62. The Balaban J connectivity index is 1.56. The summed E-state index contributed by atoms with van der Waals surface area (Å²) in [6.07, 6.45) is 2.91. The molecule has 228 valence electrons. The molecule has 0 fully saturated rings. The molecule has 1 atom stereocenters. The van der Waals surface area contributed by atoms with Gasteiger partial charge in [0.15, 0.2) is 4.80 Å². The maximum atomic E-state index is 14.3. The van der Waals surface area contributed by atoms with Crippen molar-refractivity contribution < 1.29 is 28.6 Å². The van der Waals surface area contributed by atoms with Crippen LogP contribution in [-0.4, -0.2) is 35.3 Å². The Morgan fingerprint density at radius 2 is 1.82 bits per heavy atom. The van der Waals surface area contributed by atoms with Crippen molar-refractivity contribution in [3.8, 4) is 17.1 Å². The minimum absolute atomic E-state index is 0.172. The van der Waals surface area contributed by atoms with Gasteiger partial charge in [0, 0.05) is 17.2 Å². The second kappa shape index (κ2) is 12.4. The molecule has 6 rings (SSSR count). The number of carboxylic acid groups (broad SMARTS) is 1. The van der Waals surface area contributed by atoms with Crippen LogP contribution in [-0.2, 0) is 9.53 Å². The molecule has 5 aromatic rings. The minimum Gasteiger partial charge on any atom is -0.496 e. The van der Waals surface area contributed by atoms with Crippen LogP contribution in [0.25, 0.3) is 28.2 Å². The average Bonchev–Trinajstić information content (AvgIpc) is 3.64. The number of esters is 1. The molecule has 0 spiro atoms. The molecule has 1 unspecified atom stereocenters. The van der Waals surface area contributed by atoms with Crippen LogP contribution in [0, 0.1) is 0 Å². The fraction of sp³-hybridized carbons (Fsp3) is 0.200. The summed E-state index contributed by atoms with van der Waals surface area (Å²) in [6.45, 7) is 3.93. The number of carbonyl (C=O) groups excluding carboxylic acids is 1. The first-order chi connectivity index (χ1) is 21.8. The largest absolute Gasteiger partial charge is 0.496 e. The number of aromatic carboxylic acids is 1. The van der Waals surface area contributed by atoms with Gasteiger partial charge in [-0.05, 0) is 54.4 Å². The van der Waals surface area contributed by atoms with E-state index < -0.39 is 18.0 Å². The van der Waals surface area contributed by atoms with Gasteiger partial charge in [0.05, 0.1) is 35.1 Å². The quantitative estimate of drug-likeness (QED) is 0.210. The highest BCUT2D eigenvalue weighted by molar-refractivity contribution is 7.07. The van der Waals surface area contributed by atoms with Gasteiger partial charge in [-0.1, -0.05) is 67.1 Å². The van der Waals surface area contributed by atoms with Crippen LogP contribution in [0.5, 0.6) is 5.75 Å². The van der Waals surface area contributed by atoms with Gasteiger partial charge in [-0.25, -0.2) is 14.6 Å². The fourth-order valence-corrected chi connectivity index (χ4v) is 6.62. The van der Waals surface area contributed by atoms with Gasteiger partial charge in [-0.2, -0.15) is 0 Å². The number of aromatic nitrogens is 1. The Bertz CT molecular complexity index is 2150. The summed E-state index contributed by atoms with van der Waals surface area (Å²) < 4.78 is 19.4. The molecule has 9 nitrogen and oxygen atoms in total. The van der Waals surface area contributed by atoms with Crippen molar-refractivity contribution in [2.24, 2.45) is 4.99 Å². The van der Waals surface area contributed by atoms with Crippen LogP contribution in [0.1, 0.15) is 54.4 Å². The monoisotopic (exact) mass is 622 g/mol. The van der Waals surface area contributed by atoms with Crippen molar-refractivity contribution in [3.05, 3.63) is 121 Å². The van der Waals surface area contributed by atoms with Crippen molar-refractivity contribution in [1.29, 1.82) is 0 Å². The Morgan fingerprint density at radius 1 is 1.04 bits per heavy atom. The van der Waals surface area contributed by atoms with Crippen LogP contribution < -0.4 is 19.6 Å². The zero-order valence-electron chi connectivity index (χ0n) is 24.9. The number of allylic oxidation sites excluding steroid dienone is 1. The van der Waals surface area contributed by atoms with Gasteiger partial charge in [0.25, 0.3) is 5.56 Å². The molecule has 0 radical (unpaired) electrons. The van der Waals surface area contributed by atoms with Crippen molar-refractivity contribution in [3.63, 3.8) is 0 Å². The summed E-state index contributed by atoms with van der Waals surface area (Å²) in [4.78, 5) is 44.5. The molecule has 0 saturated heterocycles. The Labute approximate surface area is 262 Å². The van der Waals surface area contributed by atoms with E-state index in [2.05, 4.69) is 0 Å².